The van der Waals surface area contributed by atoms with E-state index in [1.807, 2.05) is 13.1 Å². The number of aromatic nitrogens is 2. The molecule has 0 saturated carbocycles. The van der Waals surface area contributed by atoms with Crippen molar-refractivity contribution in [2.45, 2.75) is 6.92 Å². The molecular weight excluding hydrogens is 208 g/mol. The third-order valence-corrected chi connectivity index (χ3v) is 1.91. The van der Waals surface area contributed by atoms with Crippen LogP contribution >= 0.6 is 15.9 Å². The molecule has 0 N–H and O–H groups in total. The van der Waals surface area contributed by atoms with Crippen molar-refractivity contribution in [2.24, 2.45) is 7.05 Å². The summed E-state index contributed by atoms with van der Waals surface area (Å²) in [6, 6.07) is 0. The minimum Gasteiger partial charge on any atom is -0.291 e. The predicted molar refractivity (Wildman–Crippen MR) is 46.1 cm³/mol. The van der Waals surface area contributed by atoms with Gasteiger partial charge in [-0.15, -0.1) is 0 Å². The van der Waals surface area contributed by atoms with Gasteiger partial charge in [-0.05, 0) is 12.5 Å². The second-order valence-electron chi connectivity index (χ2n) is 2.39. The molecule has 0 radical (unpaired) electrons. The maximum atomic E-state index is 11.1. The van der Waals surface area contributed by atoms with Crippen LogP contribution in [0.15, 0.2) is 6.20 Å². The van der Waals surface area contributed by atoms with Crippen LogP contribution in [0.2, 0.25) is 0 Å². The van der Waals surface area contributed by atoms with E-state index in [-0.39, 0.29) is 5.78 Å². The first-order valence-electron chi connectivity index (χ1n) is 3.24. The van der Waals surface area contributed by atoms with Crippen LogP contribution in [0.3, 0.4) is 0 Å². The van der Waals surface area contributed by atoms with Crippen LogP contribution in [-0.4, -0.2) is 20.9 Å². The highest BCUT2D eigenvalue weighted by Gasteiger charge is 2.10. The highest BCUT2D eigenvalue weighted by molar-refractivity contribution is 9.09. The number of carbonyl (C=O) groups is 1. The van der Waals surface area contributed by atoms with E-state index in [4.69, 9.17) is 0 Å². The fourth-order valence-corrected chi connectivity index (χ4v) is 1.21. The summed E-state index contributed by atoms with van der Waals surface area (Å²) in [6.45, 7) is 1.88. The lowest BCUT2D eigenvalue weighted by atomic mass is 10.2. The summed E-state index contributed by atoms with van der Waals surface area (Å²) < 4.78 is 1.64. The maximum Gasteiger partial charge on any atom is 0.193 e. The molecule has 0 saturated heterocycles. The number of Topliss-reactive ketones (excluding diaryl/α,β-unsaturated/α-hetero) is 1. The Bertz CT molecular complexity index is 280. The summed E-state index contributed by atoms with van der Waals surface area (Å²) in [5, 5.41) is 4.36. The first kappa shape index (κ1) is 8.46. The molecule has 0 fully saturated rings. The number of hydrogen-bond acceptors (Lipinski definition) is 2. The van der Waals surface area contributed by atoms with Gasteiger partial charge in [-0.3, -0.25) is 9.48 Å². The monoisotopic (exact) mass is 216 g/mol. The third kappa shape index (κ3) is 1.68. The third-order valence-electron chi connectivity index (χ3n) is 1.40. The first-order valence-corrected chi connectivity index (χ1v) is 4.36. The molecule has 0 spiro atoms. The number of ketones is 1. The van der Waals surface area contributed by atoms with Crippen molar-refractivity contribution in [1.82, 2.24) is 9.78 Å². The molecule has 0 amide bonds. The Morgan fingerprint density at radius 3 is 2.82 bits per heavy atom. The van der Waals surface area contributed by atoms with Crippen LogP contribution in [0.1, 0.15) is 16.1 Å². The van der Waals surface area contributed by atoms with Crippen molar-refractivity contribution >= 4 is 21.7 Å². The summed E-state index contributed by atoms with van der Waals surface area (Å²) >= 11 is 3.10. The molecule has 0 aliphatic heterocycles. The van der Waals surface area contributed by atoms with Crippen molar-refractivity contribution in [1.29, 1.82) is 0 Å². The number of carbonyl (C=O) groups excluding carboxylic acids is 1. The number of alkyl halides is 1. The van der Waals surface area contributed by atoms with Crippen molar-refractivity contribution in [3.63, 3.8) is 0 Å². The minimum absolute atomic E-state index is 0.0306. The Hall–Kier alpha value is -0.640. The van der Waals surface area contributed by atoms with E-state index in [1.165, 1.54) is 0 Å². The summed E-state index contributed by atoms with van der Waals surface area (Å²) in [4.78, 5) is 11.1. The van der Waals surface area contributed by atoms with E-state index < -0.39 is 0 Å². The molecule has 0 aliphatic rings. The molecule has 3 nitrogen and oxygen atoms in total. The van der Waals surface area contributed by atoms with Crippen molar-refractivity contribution < 1.29 is 4.79 Å². The molecular formula is C7H9BrN2O. The normalized spacial score (nSPS) is 10.1. The zero-order valence-electron chi connectivity index (χ0n) is 6.47. The molecule has 0 aromatic carbocycles. The SMILES string of the molecule is Cc1cn(C)nc1C(=O)CBr. The van der Waals surface area contributed by atoms with Crippen LogP contribution in [0.5, 0.6) is 0 Å². The van der Waals surface area contributed by atoms with Gasteiger partial charge in [0, 0.05) is 13.2 Å². The fourth-order valence-electron chi connectivity index (χ4n) is 0.946. The molecule has 0 bridgehead atoms. The van der Waals surface area contributed by atoms with Crippen LogP contribution in [0.4, 0.5) is 0 Å². The standard InChI is InChI=1S/C7H9BrN2O/c1-5-4-10(2)9-7(5)6(11)3-8/h4H,3H2,1-2H3. The minimum atomic E-state index is 0.0306. The molecule has 1 aromatic heterocycles. The quantitative estimate of drug-likeness (QED) is 0.552. The van der Waals surface area contributed by atoms with Gasteiger partial charge < -0.3 is 0 Å². The second kappa shape index (κ2) is 3.17. The molecule has 60 valence electrons. The topological polar surface area (TPSA) is 34.9 Å². The molecule has 1 aromatic rings. The van der Waals surface area contributed by atoms with Crippen LogP contribution in [0.25, 0.3) is 0 Å². The lowest BCUT2D eigenvalue weighted by Crippen LogP contribution is -2.03. The lowest BCUT2D eigenvalue weighted by Gasteiger charge is -1.89. The highest BCUT2D eigenvalue weighted by Crippen LogP contribution is 2.05. The van der Waals surface area contributed by atoms with Crippen molar-refractivity contribution in [3.05, 3.63) is 17.5 Å². The van der Waals surface area contributed by atoms with Gasteiger partial charge in [0.1, 0.15) is 5.69 Å². The summed E-state index contributed by atoms with van der Waals surface area (Å²) in [5.74, 6) is 0.0306. The first-order chi connectivity index (χ1) is 5.15. The van der Waals surface area contributed by atoms with Crippen LogP contribution in [0, 0.1) is 6.92 Å². The van der Waals surface area contributed by atoms with Gasteiger partial charge in [0.15, 0.2) is 5.78 Å². The Kier molecular flexibility index (Phi) is 2.44. The Morgan fingerprint density at radius 1 is 1.82 bits per heavy atom. The van der Waals surface area contributed by atoms with Gasteiger partial charge in [0.05, 0.1) is 5.33 Å². The summed E-state index contributed by atoms with van der Waals surface area (Å²) in [7, 11) is 1.80. The maximum absolute atomic E-state index is 11.1. The lowest BCUT2D eigenvalue weighted by molar-refractivity contribution is 0.101. The Labute approximate surface area is 73.5 Å². The van der Waals surface area contributed by atoms with E-state index in [2.05, 4.69) is 21.0 Å². The molecule has 4 heteroatoms. The number of halogens is 1. The van der Waals surface area contributed by atoms with E-state index in [9.17, 15) is 4.79 Å². The highest BCUT2D eigenvalue weighted by atomic mass is 79.9. The zero-order valence-corrected chi connectivity index (χ0v) is 8.05. The average molecular weight is 217 g/mol. The van der Waals surface area contributed by atoms with Gasteiger partial charge in [0.25, 0.3) is 0 Å². The van der Waals surface area contributed by atoms with E-state index >= 15 is 0 Å². The van der Waals surface area contributed by atoms with Crippen molar-refractivity contribution in [3.8, 4) is 0 Å². The second-order valence-corrected chi connectivity index (χ2v) is 2.95. The number of nitrogens with zero attached hydrogens (tertiary/aromatic N) is 2. The van der Waals surface area contributed by atoms with Gasteiger partial charge in [0.2, 0.25) is 0 Å². The fraction of sp³-hybridized carbons (Fsp3) is 0.429. The van der Waals surface area contributed by atoms with Crippen molar-refractivity contribution in [2.75, 3.05) is 5.33 Å². The summed E-state index contributed by atoms with van der Waals surface area (Å²) in [5.41, 5.74) is 1.49. The van der Waals surface area contributed by atoms with Gasteiger partial charge in [-0.1, -0.05) is 15.9 Å². The molecule has 1 heterocycles. The number of hydrogen-bond donors (Lipinski definition) is 0. The van der Waals surface area contributed by atoms with Gasteiger partial charge in [-0.2, -0.15) is 5.10 Å². The molecule has 0 atom stereocenters. The Balaban J connectivity index is 3.03. The van der Waals surface area contributed by atoms with E-state index in [0.717, 1.165) is 5.56 Å². The predicted octanol–water partition coefficient (Wildman–Crippen LogP) is 1.31. The van der Waals surface area contributed by atoms with Gasteiger partial charge in [-0.25, -0.2) is 0 Å². The average Bonchev–Trinajstić information content (AvgIpc) is 2.28. The van der Waals surface area contributed by atoms with E-state index in [1.54, 1.807) is 11.7 Å². The molecule has 1 rings (SSSR count). The molecule has 0 aliphatic carbocycles. The van der Waals surface area contributed by atoms with Gasteiger partial charge >= 0.3 is 0 Å². The zero-order chi connectivity index (χ0) is 8.43. The largest absolute Gasteiger partial charge is 0.291 e. The number of rotatable bonds is 2. The molecule has 11 heavy (non-hydrogen) atoms. The smallest absolute Gasteiger partial charge is 0.193 e. The Morgan fingerprint density at radius 2 is 2.45 bits per heavy atom. The van der Waals surface area contributed by atoms with Crippen LogP contribution in [-0.2, 0) is 7.05 Å². The summed E-state index contributed by atoms with van der Waals surface area (Å²) in [6.07, 6.45) is 1.83. The number of aryl methyl sites for hydroxylation is 2. The van der Waals surface area contributed by atoms with Crippen LogP contribution < -0.4 is 0 Å². The van der Waals surface area contributed by atoms with E-state index in [0.29, 0.717) is 11.0 Å². The molecule has 0 unspecified atom stereocenters.